The molecule has 0 amide bonds. The highest BCUT2D eigenvalue weighted by atomic mass is 35.5. The summed E-state index contributed by atoms with van der Waals surface area (Å²) >= 11 is 5.84. The average molecular weight is 270 g/mol. The second-order valence-electron chi connectivity index (χ2n) is 5.12. The maximum Gasteiger partial charge on any atom is 0.201 e. The van der Waals surface area contributed by atoms with Crippen molar-refractivity contribution in [2.24, 2.45) is 0 Å². The van der Waals surface area contributed by atoms with Crippen LogP contribution in [0, 0.1) is 5.82 Å². The second kappa shape index (κ2) is 4.43. The largest absolute Gasteiger partial charge is 0.369 e. The summed E-state index contributed by atoms with van der Waals surface area (Å²) in [5, 5.41) is 0.0935. The molecule has 0 aliphatic heterocycles. The Morgan fingerprint density at radius 1 is 1.44 bits per heavy atom. The summed E-state index contributed by atoms with van der Waals surface area (Å²) in [7, 11) is 0. The van der Waals surface area contributed by atoms with E-state index in [-0.39, 0.29) is 10.6 Å². The summed E-state index contributed by atoms with van der Waals surface area (Å²) in [5.74, 6) is -0.0766. The van der Waals surface area contributed by atoms with Gasteiger partial charge in [0.25, 0.3) is 0 Å². The van der Waals surface area contributed by atoms with Gasteiger partial charge in [-0.2, -0.15) is 0 Å². The van der Waals surface area contributed by atoms with Crippen molar-refractivity contribution in [3.8, 4) is 0 Å². The van der Waals surface area contributed by atoms with Gasteiger partial charge in [-0.1, -0.05) is 24.9 Å². The van der Waals surface area contributed by atoms with E-state index < -0.39 is 5.82 Å². The molecule has 0 spiro atoms. The predicted octanol–water partition coefficient (Wildman–Crippen LogP) is 3.95. The first-order chi connectivity index (χ1) is 8.36. The number of fused-ring (bicyclic) bond motifs is 1. The number of nitrogen functional groups attached to an aromatic ring is 1. The first-order valence-electron chi connectivity index (χ1n) is 6.00. The van der Waals surface area contributed by atoms with Crippen LogP contribution in [0.5, 0.6) is 0 Å². The third-order valence-corrected chi connectivity index (χ3v) is 3.48. The Labute approximate surface area is 111 Å². The number of imidazole rings is 1. The Balaban J connectivity index is 2.70. The molecule has 2 rings (SSSR count). The smallest absolute Gasteiger partial charge is 0.201 e. The number of hydrogen-bond acceptors (Lipinski definition) is 2. The molecule has 1 aromatic heterocycles. The van der Waals surface area contributed by atoms with E-state index in [1.807, 2.05) is 4.57 Å². The predicted molar refractivity (Wildman–Crippen MR) is 73.3 cm³/mol. The van der Waals surface area contributed by atoms with Crippen LogP contribution in [0.2, 0.25) is 5.02 Å². The minimum atomic E-state index is -0.470. The topological polar surface area (TPSA) is 43.8 Å². The number of nitrogens with two attached hydrogens (primary N) is 1. The lowest BCUT2D eigenvalue weighted by molar-refractivity contribution is 0.338. The number of halogens is 2. The van der Waals surface area contributed by atoms with Crippen molar-refractivity contribution in [1.29, 1.82) is 0 Å². The third kappa shape index (κ3) is 2.05. The highest BCUT2D eigenvalue weighted by Crippen LogP contribution is 2.32. The van der Waals surface area contributed by atoms with E-state index in [0.29, 0.717) is 11.5 Å². The fraction of sp³-hybridized carbons (Fsp3) is 0.462. The molecule has 0 saturated carbocycles. The van der Waals surface area contributed by atoms with Gasteiger partial charge in [0.2, 0.25) is 5.95 Å². The summed E-state index contributed by atoms with van der Waals surface area (Å²) in [6.07, 6.45) is 1.98. The molecule has 2 N–H and O–H groups in total. The van der Waals surface area contributed by atoms with Gasteiger partial charge in [-0.15, -0.1) is 0 Å². The number of rotatable bonds is 3. The van der Waals surface area contributed by atoms with Crippen molar-refractivity contribution < 1.29 is 4.39 Å². The normalized spacial score (nSPS) is 12.3. The maximum absolute atomic E-state index is 13.4. The van der Waals surface area contributed by atoms with Crippen LogP contribution in [0.15, 0.2) is 12.1 Å². The van der Waals surface area contributed by atoms with E-state index in [4.69, 9.17) is 17.3 Å². The molecule has 98 valence electrons. The van der Waals surface area contributed by atoms with Crippen LogP contribution < -0.4 is 5.73 Å². The lowest BCUT2D eigenvalue weighted by Crippen LogP contribution is -2.27. The van der Waals surface area contributed by atoms with E-state index in [9.17, 15) is 4.39 Å². The molecule has 0 atom stereocenters. The van der Waals surface area contributed by atoms with Gasteiger partial charge in [0, 0.05) is 11.6 Å². The molecule has 0 unspecified atom stereocenters. The zero-order valence-corrected chi connectivity index (χ0v) is 11.6. The summed E-state index contributed by atoms with van der Waals surface area (Å²) in [6.45, 7) is 6.29. The van der Waals surface area contributed by atoms with Gasteiger partial charge in [-0.3, -0.25) is 0 Å². The first-order valence-corrected chi connectivity index (χ1v) is 6.38. The van der Waals surface area contributed by atoms with E-state index in [0.717, 1.165) is 18.4 Å². The summed E-state index contributed by atoms with van der Waals surface area (Å²) in [4.78, 5) is 4.21. The minimum absolute atomic E-state index is 0.0935. The van der Waals surface area contributed by atoms with Crippen molar-refractivity contribution >= 4 is 28.6 Å². The monoisotopic (exact) mass is 269 g/mol. The summed E-state index contributed by atoms with van der Waals surface area (Å²) < 4.78 is 15.3. The Hall–Kier alpha value is -1.29. The molecule has 1 aromatic carbocycles. The Morgan fingerprint density at radius 2 is 2.11 bits per heavy atom. The fourth-order valence-corrected chi connectivity index (χ4v) is 2.61. The van der Waals surface area contributed by atoms with Gasteiger partial charge >= 0.3 is 0 Å². The van der Waals surface area contributed by atoms with Gasteiger partial charge in [0.1, 0.15) is 5.82 Å². The van der Waals surface area contributed by atoms with Gasteiger partial charge in [0.05, 0.1) is 16.1 Å². The van der Waals surface area contributed by atoms with Crippen LogP contribution in [-0.4, -0.2) is 9.55 Å². The molecule has 0 saturated heterocycles. The van der Waals surface area contributed by atoms with Crippen LogP contribution in [0.4, 0.5) is 10.3 Å². The first kappa shape index (κ1) is 13.1. The molecule has 0 radical (unpaired) electrons. The number of aromatic nitrogens is 2. The van der Waals surface area contributed by atoms with Crippen molar-refractivity contribution in [2.45, 2.75) is 39.2 Å². The molecule has 2 aromatic rings. The number of hydrogen-bond donors (Lipinski definition) is 1. The quantitative estimate of drug-likeness (QED) is 0.917. The lowest BCUT2D eigenvalue weighted by atomic mass is 9.98. The van der Waals surface area contributed by atoms with Crippen molar-refractivity contribution in [3.63, 3.8) is 0 Å². The standard InChI is InChI=1S/C13H17ClFN3/c1-4-5-13(2,3)18-11-6-8(14)9(15)7-10(11)17-12(18)16/h6-7H,4-5H2,1-3H3,(H2,16,17). The third-order valence-electron chi connectivity index (χ3n) is 3.19. The second-order valence-corrected chi connectivity index (χ2v) is 5.53. The van der Waals surface area contributed by atoms with Crippen molar-refractivity contribution in [2.75, 3.05) is 5.73 Å². The lowest BCUT2D eigenvalue weighted by Gasteiger charge is -2.28. The Morgan fingerprint density at radius 3 is 2.72 bits per heavy atom. The maximum atomic E-state index is 13.4. The van der Waals surface area contributed by atoms with Gasteiger partial charge in [-0.25, -0.2) is 9.37 Å². The van der Waals surface area contributed by atoms with Crippen LogP contribution >= 0.6 is 11.6 Å². The molecular formula is C13H17ClFN3. The van der Waals surface area contributed by atoms with Crippen LogP contribution in [0.1, 0.15) is 33.6 Å². The van der Waals surface area contributed by atoms with Crippen molar-refractivity contribution in [3.05, 3.63) is 23.0 Å². The highest BCUT2D eigenvalue weighted by Gasteiger charge is 2.25. The van der Waals surface area contributed by atoms with E-state index in [1.54, 1.807) is 6.07 Å². The fourth-order valence-electron chi connectivity index (χ4n) is 2.45. The Bertz CT molecular complexity index is 589. The molecule has 18 heavy (non-hydrogen) atoms. The molecule has 0 fully saturated rings. The average Bonchev–Trinajstić information content (AvgIpc) is 2.55. The van der Waals surface area contributed by atoms with Crippen LogP contribution in [0.3, 0.4) is 0 Å². The SMILES string of the molecule is CCCC(C)(C)n1c(N)nc2cc(F)c(Cl)cc21. The van der Waals surface area contributed by atoms with E-state index in [1.165, 1.54) is 6.07 Å². The molecule has 0 aliphatic carbocycles. The minimum Gasteiger partial charge on any atom is -0.369 e. The van der Waals surface area contributed by atoms with Gasteiger partial charge < -0.3 is 10.3 Å². The van der Waals surface area contributed by atoms with Crippen molar-refractivity contribution in [1.82, 2.24) is 9.55 Å². The van der Waals surface area contributed by atoms with Gasteiger partial charge in [-0.05, 0) is 26.3 Å². The van der Waals surface area contributed by atoms with E-state index in [2.05, 4.69) is 25.8 Å². The number of benzene rings is 1. The summed E-state index contributed by atoms with van der Waals surface area (Å²) in [5.41, 5.74) is 7.10. The van der Waals surface area contributed by atoms with Crippen LogP contribution in [0.25, 0.3) is 11.0 Å². The highest BCUT2D eigenvalue weighted by molar-refractivity contribution is 6.31. The van der Waals surface area contributed by atoms with E-state index >= 15 is 0 Å². The summed E-state index contributed by atoms with van der Waals surface area (Å²) in [6, 6.07) is 2.92. The molecule has 0 bridgehead atoms. The molecule has 0 aliphatic rings. The molecule has 1 heterocycles. The molecule has 5 heteroatoms. The zero-order valence-electron chi connectivity index (χ0n) is 10.8. The molecule has 3 nitrogen and oxygen atoms in total. The number of nitrogens with zero attached hydrogens (tertiary/aromatic N) is 2. The van der Waals surface area contributed by atoms with Crippen LogP contribution in [-0.2, 0) is 5.54 Å². The number of anilines is 1. The Kier molecular flexibility index (Phi) is 3.23. The molecular weight excluding hydrogens is 253 g/mol. The van der Waals surface area contributed by atoms with Gasteiger partial charge in [0.15, 0.2) is 0 Å². The zero-order chi connectivity index (χ0) is 13.5.